The van der Waals surface area contributed by atoms with Crippen molar-refractivity contribution in [3.8, 4) is 0 Å². The molecule has 3 N–H and O–H groups in total. The zero-order valence-corrected chi connectivity index (χ0v) is 17.5. The minimum atomic E-state index is -0.823. The summed E-state index contributed by atoms with van der Waals surface area (Å²) in [6.07, 6.45) is 1.49. The van der Waals surface area contributed by atoms with Crippen LogP contribution in [-0.4, -0.2) is 29.9 Å². The standard InChI is InChI=1S/C22H20Cl2N4O2/c23-17-13-18(24)20(27-14-17)25-11-12-26-22(30)19(15-7-3-1-4-8-15)28-21(29)16-9-5-2-6-10-16/h1-10,13-14,19H,11-12H2,(H,25,27)(H,26,30)(H,28,29). The Morgan fingerprint density at radius 3 is 2.27 bits per heavy atom. The fraction of sp³-hybridized carbons (Fsp3) is 0.136. The van der Waals surface area contributed by atoms with E-state index in [0.29, 0.717) is 40.1 Å². The summed E-state index contributed by atoms with van der Waals surface area (Å²) in [4.78, 5) is 29.5. The second-order valence-corrected chi connectivity index (χ2v) is 7.23. The molecule has 1 heterocycles. The molecule has 154 valence electrons. The van der Waals surface area contributed by atoms with Gasteiger partial charge in [-0.25, -0.2) is 4.98 Å². The number of amides is 2. The summed E-state index contributed by atoms with van der Waals surface area (Å²) in [6.45, 7) is 0.707. The van der Waals surface area contributed by atoms with Gasteiger partial charge in [0.15, 0.2) is 0 Å². The molecule has 1 atom stereocenters. The van der Waals surface area contributed by atoms with Gasteiger partial charge in [-0.15, -0.1) is 0 Å². The van der Waals surface area contributed by atoms with Crippen LogP contribution in [0.2, 0.25) is 10.0 Å². The predicted molar refractivity (Wildman–Crippen MR) is 119 cm³/mol. The highest BCUT2D eigenvalue weighted by atomic mass is 35.5. The van der Waals surface area contributed by atoms with Crippen molar-refractivity contribution in [2.45, 2.75) is 6.04 Å². The molecular formula is C22H20Cl2N4O2. The third-order valence-electron chi connectivity index (χ3n) is 4.23. The molecule has 0 saturated heterocycles. The first-order chi connectivity index (χ1) is 14.5. The number of hydrogen-bond acceptors (Lipinski definition) is 4. The maximum absolute atomic E-state index is 12.8. The molecule has 0 aliphatic rings. The summed E-state index contributed by atoms with van der Waals surface area (Å²) in [5, 5.41) is 9.50. The van der Waals surface area contributed by atoms with Gasteiger partial charge >= 0.3 is 0 Å². The normalized spacial score (nSPS) is 11.4. The maximum Gasteiger partial charge on any atom is 0.252 e. The van der Waals surface area contributed by atoms with Crippen LogP contribution in [0, 0.1) is 0 Å². The van der Waals surface area contributed by atoms with Crippen LogP contribution in [0.15, 0.2) is 72.9 Å². The van der Waals surface area contributed by atoms with Gasteiger partial charge in [-0.2, -0.15) is 0 Å². The van der Waals surface area contributed by atoms with Crippen LogP contribution in [-0.2, 0) is 4.79 Å². The summed E-state index contributed by atoms with van der Waals surface area (Å²) in [5.41, 5.74) is 1.17. The lowest BCUT2D eigenvalue weighted by atomic mass is 10.1. The zero-order valence-electron chi connectivity index (χ0n) is 15.9. The first-order valence-electron chi connectivity index (χ1n) is 9.28. The molecule has 0 radical (unpaired) electrons. The summed E-state index contributed by atoms with van der Waals surface area (Å²) in [6, 6.07) is 18.6. The van der Waals surface area contributed by atoms with Gasteiger partial charge in [-0.1, -0.05) is 71.7 Å². The summed E-state index contributed by atoms with van der Waals surface area (Å²) >= 11 is 11.9. The Labute approximate surface area is 184 Å². The minimum Gasteiger partial charge on any atom is -0.367 e. The highest BCUT2D eigenvalue weighted by Gasteiger charge is 2.22. The topological polar surface area (TPSA) is 83.1 Å². The lowest BCUT2D eigenvalue weighted by molar-refractivity contribution is -0.123. The maximum atomic E-state index is 12.8. The Morgan fingerprint density at radius 1 is 0.933 bits per heavy atom. The van der Waals surface area contributed by atoms with Crippen LogP contribution in [0.3, 0.4) is 0 Å². The number of anilines is 1. The number of benzene rings is 2. The van der Waals surface area contributed by atoms with Crippen LogP contribution in [0.4, 0.5) is 5.82 Å². The first-order valence-corrected chi connectivity index (χ1v) is 10.0. The van der Waals surface area contributed by atoms with E-state index in [1.54, 1.807) is 42.5 Å². The molecule has 0 fully saturated rings. The average molecular weight is 443 g/mol. The molecule has 0 aliphatic heterocycles. The molecule has 8 heteroatoms. The molecule has 30 heavy (non-hydrogen) atoms. The number of nitrogens with one attached hydrogen (secondary N) is 3. The number of carbonyl (C=O) groups is 2. The lowest BCUT2D eigenvalue weighted by Gasteiger charge is -2.19. The number of nitrogens with zero attached hydrogens (tertiary/aromatic N) is 1. The number of rotatable bonds is 8. The summed E-state index contributed by atoms with van der Waals surface area (Å²) in [5.74, 6) is -0.162. The van der Waals surface area contributed by atoms with E-state index in [1.165, 1.54) is 6.20 Å². The van der Waals surface area contributed by atoms with E-state index in [2.05, 4.69) is 20.9 Å². The minimum absolute atomic E-state index is 0.310. The molecule has 2 amide bonds. The number of halogens is 2. The SMILES string of the molecule is O=C(NC(C(=O)NCCNc1ncc(Cl)cc1Cl)c1ccccc1)c1ccccc1. The van der Waals surface area contributed by atoms with E-state index in [1.807, 2.05) is 24.3 Å². The predicted octanol–water partition coefficient (Wildman–Crippen LogP) is 4.09. The number of hydrogen-bond donors (Lipinski definition) is 3. The third-order valence-corrected chi connectivity index (χ3v) is 4.73. The van der Waals surface area contributed by atoms with Crippen LogP contribution < -0.4 is 16.0 Å². The summed E-state index contributed by atoms with van der Waals surface area (Å²) < 4.78 is 0. The molecule has 1 aromatic heterocycles. The van der Waals surface area contributed by atoms with Crippen molar-refractivity contribution in [1.82, 2.24) is 15.6 Å². The molecule has 0 saturated carbocycles. The van der Waals surface area contributed by atoms with Crippen molar-refractivity contribution in [1.29, 1.82) is 0 Å². The Bertz CT molecular complexity index is 1000. The Morgan fingerprint density at radius 2 is 1.60 bits per heavy atom. The van der Waals surface area contributed by atoms with Crippen molar-refractivity contribution < 1.29 is 9.59 Å². The van der Waals surface area contributed by atoms with Crippen LogP contribution in [0.25, 0.3) is 0 Å². The molecule has 3 rings (SSSR count). The van der Waals surface area contributed by atoms with E-state index >= 15 is 0 Å². The van der Waals surface area contributed by atoms with Crippen LogP contribution >= 0.6 is 23.2 Å². The van der Waals surface area contributed by atoms with E-state index < -0.39 is 6.04 Å². The highest BCUT2D eigenvalue weighted by Crippen LogP contribution is 2.22. The van der Waals surface area contributed by atoms with E-state index in [-0.39, 0.29) is 11.8 Å². The highest BCUT2D eigenvalue weighted by molar-refractivity contribution is 6.35. The molecular weight excluding hydrogens is 423 g/mol. The van der Waals surface area contributed by atoms with Crippen molar-refractivity contribution in [3.05, 3.63) is 94.1 Å². The van der Waals surface area contributed by atoms with Gasteiger partial charge < -0.3 is 16.0 Å². The zero-order chi connectivity index (χ0) is 21.3. The Balaban J connectivity index is 1.61. The quantitative estimate of drug-likeness (QED) is 0.458. The summed E-state index contributed by atoms with van der Waals surface area (Å²) in [7, 11) is 0. The third kappa shape index (κ3) is 5.95. The molecule has 0 spiro atoms. The van der Waals surface area contributed by atoms with Gasteiger partial charge in [0.25, 0.3) is 5.91 Å². The second-order valence-electron chi connectivity index (χ2n) is 6.38. The van der Waals surface area contributed by atoms with Crippen LogP contribution in [0.1, 0.15) is 22.0 Å². The van der Waals surface area contributed by atoms with Gasteiger partial charge in [0.2, 0.25) is 5.91 Å². The van der Waals surface area contributed by atoms with Crippen molar-refractivity contribution in [2.24, 2.45) is 0 Å². The molecule has 2 aromatic carbocycles. The Kier molecular flexibility index (Phi) is 7.65. The molecule has 3 aromatic rings. The van der Waals surface area contributed by atoms with Gasteiger partial charge in [0.1, 0.15) is 11.9 Å². The lowest BCUT2D eigenvalue weighted by Crippen LogP contribution is -2.41. The monoisotopic (exact) mass is 442 g/mol. The Hall–Kier alpha value is -3.09. The van der Waals surface area contributed by atoms with Crippen LogP contribution in [0.5, 0.6) is 0 Å². The number of aromatic nitrogens is 1. The van der Waals surface area contributed by atoms with E-state index in [4.69, 9.17) is 23.2 Å². The van der Waals surface area contributed by atoms with Gasteiger partial charge in [0, 0.05) is 24.8 Å². The van der Waals surface area contributed by atoms with E-state index in [9.17, 15) is 9.59 Å². The largest absolute Gasteiger partial charge is 0.367 e. The van der Waals surface area contributed by atoms with Crippen molar-refractivity contribution >= 4 is 40.8 Å². The first kappa shape index (κ1) is 21.6. The number of pyridine rings is 1. The fourth-order valence-electron chi connectivity index (χ4n) is 2.76. The molecule has 0 aliphatic carbocycles. The second kappa shape index (κ2) is 10.6. The average Bonchev–Trinajstić information content (AvgIpc) is 2.77. The smallest absolute Gasteiger partial charge is 0.252 e. The van der Waals surface area contributed by atoms with Gasteiger partial charge in [-0.3, -0.25) is 9.59 Å². The molecule has 0 bridgehead atoms. The number of carbonyl (C=O) groups excluding carboxylic acids is 2. The fourth-order valence-corrected chi connectivity index (χ4v) is 3.21. The van der Waals surface area contributed by atoms with Gasteiger partial charge in [-0.05, 0) is 23.8 Å². The van der Waals surface area contributed by atoms with E-state index in [0.717, 1.165) is 0 Å². The molecule has 1 unspecified atom stereocenters. The molecule has 6 nitrogen and oxygen atoms in total. The van der Waals surface area contributed by atoms with Gasteiger partial charge in [0.05, 0.1) is 10.0 Å². The van der Waals surface area contributed by atoms with Crippen molar-refractivity contribution in [2.75, 3.05) is 18.4 Å². The van der Waals surface area contributed by atoms with Crippen molar-refractivity contribution in [3.63, 3.8) is 0 Å².